The van der Waals surface area contributed by atoms with Crippen LogP contribution in [-0.2, 0) is 6.42 Å². The summed E-state index contributed by atoms with van der Waals surface area (Å²) in [4.78, 5) is 15.8. The van der Waals surface area contributed by atoms with Gasteiger partial charge in [0.15, 0.2) is 0 Å². The Bertz CT molecular complexity index is 866. The van der Waals surface area contributed by atoms with Crippen LogP contribution in [0, 0.1) is 5.92 Å². The first-order chi connectivity index (χ1) is 12.6. The molecule has 5 rings (SSSR count). The van der Waals surface area contributed by atoms with E-state index < -0.39 is 12.6 Å². The Morgan fingerprint density at radius 3 is 2.63 bits per heavy atom. The number of carbonyl (C=O) groups is 1. The lowest BCUT2D eigenvalue weighted by atomic mass is 9.72. The molecule has 0 radical (unpaired) electrons. The number of halogens is 3. The number of benzene rings is 1. The smallest absolute Gasteiger partial charge is 0.346 e. The SMILES string of the molecule is CC1(C)C(NC(=O)c2cc3cccc(CC(F)(F)F)c3s2)C2CCN1CC2. The van der Waals surface area contributed by atoms with Crippen molar-refractivity contribution in [2.24, 2.45) is 5.92 Å². The molecule has 3 saturated heterocycles. The fraction of sp³-hybridized carbons (Fsp3) is 0.550. The molecular formula is C20H23F3N2OS. The normalized spacial score (nSPS) is 27.1. The van der Waals surface area contributed by atoms with Crippen LogP contribution in [0.3, 0.4) is 0 Å². The van der Waals surface area contributed by atoms with Crippen LogP contribution in [0.25, 0.3) is 10.1 Å². The van der Waals surface area contributed by atoms with E-state index >= 15 is 0 Å². The molecule has 1 amide bonds. The number of amides is 1. The van der Waals surface area contributed by atoms with Gasteiger partial charge in [0.2, 0.25) is 0 Å². The van der Waals surface area contributed by atoms with Gasteiger partial charge in [0, 0.05) is 16.3 Å². The maximum absolute atomic E-state index is 12.9. The van der Waals surface area contributed by atoms with E-state index in [1.165, 1.54) is 6.07 Å². The summed E-state index contributed by atoms with van der Waals surface area (Å²) in [5.41, 5.74) is 0.127. The van der Waals surface area contributed by atoms with Crippen molar-refractivity contribution in [1.82, 2.24) is 10.2 Å². The van der Waals surface area contributed by atoms with Gasteiger partial charge in [-0.15, -0.1) is 11.3 Å². The summed E-state index contributed by atoms with van der Waals surface area (Å²) in [6.45, 7) is 6.45. The van der Waals surface area contributed by atoms with Crippen LogP contribution in [0.5, 0.6) is 0 Å². The minimum atomic E-state index is -4.26. The molecule has 7 heteroatoms. The summed E-state index contributed by atoms with van der Waals surface area (Å²) in [5.74, 6) is 0.283. The van der Waals surface area contributed by atoms with Gasteiger partial charge in [-0.25, -0.2) is 0 Å². The number of fused-ring (bicyclic) bond motifs is 4. The number of hydrogen-bond acceptors (Lipinski definition) is 3. The molecular weight excluding hydrogens is 373 g/mol. The van der Waals surface area contributed by atoms with Gasteiger partial charge in [-0.1, -0.05) is 18.2 Å². The van der Waals surface area contributed by atoms with E-state index in [0.717, 1.165) is 37.3 Å². The maximum atomic E-state index is 12.9. The number of piperidine rings is 3. The number of hydrogen-bond donors (Lipinski definition) is 1. The van der Waals surface area contributed by atoms with E-state index in [2.05, 4.69) is 24.1 Å². The third-order valence-corrected chi connectivity index (χ3v) is 7.34. The lowest BCUT2D eigenvalue weighted by molar-refractivity contribution is -0.126. The second-order valence-electron chi connectivity index (χ2n) is 8.17. The summed E-state index contributed by atoms with van der Waals surface area (Å²) < 4.78 is 39.1. The first kappa shape index (κ1) is 18.7. The van der Waals surface area contributed by atoms with Gasteiger partial charge in [-0.2, -0.15) is 13.2 Å². The van der Waals surface area contributed by atoms with Gasteiger partial charge < -0.3 is 5.32 Å². The molecule has 0 saturated carbocycles. The molecule has 4 heterocycles. The zero-order valence-corrected chi connectivity index (χ0v) is 16.2. The zero-order valence-electron chi connectivity index (χ0n) is 15.4. The molecule has 3 nitrogen and oxygen atoms in total. The largest absolute Gasteiger partial charge is 0.393 e. The number of alkyl halides is 3. The molecule has 2 aromatic rings. The van der Waals surface area contributed by atoms with Gasteiger partial charge in [0.25, 0.3) is 5.91 Å². The number of nitrogens with one attached hydrogen (secondary N) is 1. The highest BCUT2D eigenvalue weighted by atomic mass is 32.1. The first-order valence-corrected chi connectivity index (χ1v) is 10.1. The van der Waals surface area contributed by atoms with Crippen LogP contribution in [0.1, 0.15) is 41.9 Å². The van der Waals surface area contributed by atoms with Crippen molar-refractivity contribution in [1.29, 1.82) is 0 Å². The van der Waals surface area contributed by atoms with Crippen molar-refractivity contribution in [3.8, 4) is 0 Å². The Kier molecular flexibility index (Phi) is 4.50. The van der Waals surface area contributed by atoms with Crippen LogP contribution < -0.4 is 5.32 Å². The van der Waals surface area contributed by atoms with E-state index in [0.29, 0.717) is 20.9 Å². The Hall–Kier alpha value is -1.60. The maximum Gasteiger partial charge on any atom is 0.393 e. The molecule has 1 aromatic heterocycles. The van der Waals surface area contributed by atoms with Gasteiger partial charge in [-0.05, 0) is 62.7 Å². The van der Waals surface area contributed by atoms with Crippen LogP contribution in [0.4, 0.5) is 13.2 Å². The lowest BCUT2D eigenvalue weighted by Crippen LogP contribution is -2.69. The highest BCUT2D eigenvalue weighted by molar-refractivity contribution is 7.21. The molecule has 3 aliphatic rings. The van der Waals surface area contributed by atoms with Crippen molar-refractivity contribution in [3.63, 3.8) is 0 Å². The molecule has 0 spiro atoms. The number of rotatable bonds is 3. The van der Waals surface area contributed by atoms with Crippen LogP contribution >= 0.6 is 11.3 Å². The van der Waals surface area contributed by atoms with Gasteiger partial charge in [0.05, 0.1) is 11.3 Å². The third-order valence-electron chi connectivity index (χ3n) is 6.11. The lowest BCUT2D eigenvalue weighted by Gasteiger charge is -2.56. The van der Waals surface area contributed by atoms with Crippen molar-refractivity contribution in [2.75, 3.05) is 13.1 Å². The molecule has 1 aromatic carbocycles. The predicted molar refractivity (Wildman–Crippen MR) is 101 cm³/mol. The van der Waals surface area contributed by atoms with Gasteiger partial charge in [0.1, 0.15) is 0 Å². The van der Waals surface area contributed by atoms with Crippen LogP contribution in [0.15, 0.2) is 24.3 Å². The van der Waals surface area contributed by atoms with Crippen molar-refractivity contribution < 1.29 is 18.0 Å². The Labute approximate surface area is 160 Å². The average molecular weight is 396 g/mol. The fourth-order valence-corrected chi connectivity index (χ4v) is 5.75. The second kappa shape index (κ2) is 6.48. The number of nitrogens with zero attached hydrogens (tertiary/aromatic N) is 1. The number of thiophene rings is 1. The Morgan fingerprint density at radius 2 is 2.00 bits per heavy atom. The molecule has 1 N–H and O–H groups in total. The highest BCUT2D eigenvalue weighted by Crippen LogP contribution is 2.39. The predicted octanol–water partition coefficient (Wildman–Crippen LogP) is 4.61. The number of carbonyl (C=O) groups excluding carboxylic acids is 1. The van der Waals surface area contributed by atoms with Crippen LogP contribution in [-0.4, -0.2) is 41.7 Å². The minimum absolute atomic E-state index is 0.0624. The summed E-state index contributed by atoms with van der Waals surface area (Å²) in [6, 6.07) is 6.65. The molecule has 1 atom stereocenters. The minimum Gasteiger partial charge on any atom is -0.346 e. The van der Waals surface area contributed by atoms with E-state index in [4.69, 9.17) is 0 Å². The summed E-state index contributed by atoms with van der Waals surface area (Å²) in [5, 5.41) is 3.89. The quantitative estimate of drug-likeness (QED) is 0.822. The molecule has 0 aliphatic carbocycles. The zero-order chi connectivity index (χ0) is 19.4. The van der Waals surface area contributed by atoms with Crippen molar-refractivity contribution >= 4 is 27.3 Å². The molecule has 3 fully saturated rings. The standard InChI is InChI=1S/C20H23F3N2OS/c1-19(2)17(12-6-8-25(19)9-7-12)24-18(26)15-10-13-4-3-5-14(16(13)27-15)11-20(21,22)23/h3-5,10,12,17H,6-9,11H2,1-2H3,(H,24,26). The summed E-state index contributed by atoms with van der Waals surface area (Å²) in [7, 11) is 0. The Balaban J connectivity index is 1.59. The van der Waals surface area contributed by atoms with Gasteiger partial charge >= 0.3 is 6.18 Å². The van der Waals surface area contributed by atoms with Crippen LogP contribution in [0.2, 0.25) is 0 Å². The summed E-state index contributed by atoms with van der Waals surface area (Å²) in [6.07, 6.45) is -3.08. The molecule has 3 aliphatic heterocycles. The second-order valence-corrected chi connectivity index (χ2v) is 9.22. The molecule has 2 bridgehead atoms. The van der Waals surface area contributed by atoms with Gasteiger partial charge in [-0.3, -0.25) is 9.69 Å². The molecule has 27 heavy (non-hydrogen) atoms. The highest BCUT2D eigenvalue weighted by Gasteiger charge is 2.48. The third kappa shape index (κ3) is 3.47. The van der Waals surface area contributed by atoms with E-state index in [-0.39, 0.29) is 23.1 Å². The monoisotopic (exact) mass is 396 g/mol. The van der Waals surface area contributed by atoms with E-state index in [1.807, 2.05) is 0 Å². The topological polar surface area (TPSA) is 32.3 Å². The van der Waals surface area contributed by atoms with Crippen molar-refractivity contribution in [3.05, 3.63) is 34.7 Å². The van der Waals surface area contributed by atoms with Crippen molar-refractivity contribution in [2.45, 2.75) is 50.9 Å². The summed E-state index contributed by atoms with van der Waals surface area (Å²) >= 11 is 1.16. The average Bonchev–Trinajstić information content (AvgIpc) is 3.02. The van der Waals surface area contributed by atoms with E-state index in [9.17, 15) is 18.0 Å². The Morgan fingerprint density at radius 1 is 1.30 bits per heavy atom. The van der Waals surface area contributed by atoms with E-state index in [1.54, 1.807) is 18.2 Å². The first-order valence-electron chi connectivity index (χ1n) is 9.29. The fourth-order valence-electron chi connectivity index (χ4n) is 4.68. The molecule has 1 unspecified atom stereocenters. The molecule has 146 valence electrons.